The van der Waals surface area contributed by atoms with Crippen LogP contribution >= 0.6 is 11.3 Å². The van der Waals surface area contributed by atoms with E-state index in [1.54, 1.807) is 33.7 Å². The van der Waals surface area contributed by atoms with Crippen LogP contribution in [0.25, 0.3) is 15.9 Å². The van der Waals surface area contributed by atoms with Crippen molar-refractivity contribution >= 4 is 38.8 Å². The van der Waals surface area contributed by atoms with Crippen LogP contribution in [0.5, 0.6) is 0 Å². The Morgan fingerprint density at radius 2 is 1.85 bits per heavy atom. The van der Waals surface area contributed by atoms with Gasteiger partial charge < -0.3 is 15.3 Å². The molecule has 1 amide bonds. The third-order valence-electron chi connectivity index (χ3n) is 5.71. The monoisotopic (exact) mass is 456 g/mol. The summed E-state index contributed by atoms with van der Waals surface area (Å²) in [6.45, 7) is 0.737. The van der Waals surface area contributed by atoms with E-state index in [-0.39, 0.29) is 18.0 Å². The van der Waals surface area contributed by atoms with Crippen LogP contribution in [0.4, 0.5) is 11.4 Å². The van der Waals surface area contributed by atoms with Gasteiger partial charge in [0.25, 0.3) is 11.5 Å². The first-order valence-electron chi connectivity index (χ1n) is 10.5. The Morgan fingerprint density at radius 3 is 2.58 bits per heavy atom. The van der Waals surface area contributed by atoms with E-state index in [4.69, 9.17) is 0 Å². The molecule has 3 heterocycles. The smallest absolute Gasteiger partial charge is 0.266 e. The third kappa shape index (κ3) is 3.78. The van der Waals surface area contributed by atoms with Crippen molar-refractivity contribution in [3.05, 3.63) is 87.5 Å². The van der Waals surface area contributed by atoms with E-state index in [1.165, 1.54) is 17.4 Å². The second-order valence-electron chi connectivity index (χ2n) is 7.84. The van der Waals surface area contributed by atoms with Crippen LogP contribution in [-0.4, -0.2) is 39.7 Å². The zero-order valence-electron chi connectivity index (χ0n) is 17.6. The van der Waals surface area contributed by atoms with Crippen molar-refractivity contribution in [1.82, 2.24) is 9.47 Å². The highest BCUT2D eigenvalue weighted by Gasteiger charge is 2.30. The van der Waals surface area contributed by atoms with Crippen molar-refractivity contribution in [2.45, 2.75) is 12.5 Å². The lowest BCUT2D eigenvalue weighted by molar-refractivity contribution is 0.0770. The number of benzene rings is 2. The highest BCUT2D eigenvalue weighted by molar-refractivity contribution is 7.21. The quantitative estimate of drug-likeness (QED) is 0.486. The van der Waals surface area contributed by atoms with E-state index in [9.17, 15) is 20.0 Å². The van der Waals surface area contributed by atoms with Gasteiger partial charge in [0, 0.05) is 24.5 Å². The van der Waals surface area contributed by atoms with Crippen LogP contribution in [-0.2, 0) is 0 Å². The van der Waals surface area contributed by atoms with E-state index < -0.39 is 6.10 Å². The molecule has 0 saturated carbocycles. The van der Waals surface area contributed by atoms with Crippen LogP contribution in [0.2, 0.25) is 0 Å². The van der Waals surface area contributed by atoms with Crippen molar-refractivity contribution in [1.29, 1.82) is 5.26 Å². The molecule has 1 atom stereocenters. The number of fused-ring (bicyclic) bond motifs is 1. The molecular formula is C25H20N4O3S. The fraction of sp³-hybridized carbons (Fsp3) is 0.160. The Labute approximate surface area is 193 Å². The summed E-state index contributed by atoms with van der Waals surface area (Å²) in [5.41, 5.74) is 2.08. The standard InChI is InChI=1S/C25H20N4O3S/c26-14-16-6-4-5-9-20(16)27-22-19-10-11-21(31)29(17-7-2-1-3-8-17)25(19)33-23(22)24(32)28-13-12-18(30)15-28/h1-11,18,27,30H,12-13,15H2/t18-/m0/s1. The van der Waals surface area contributed by atoms with Gasteiger partial charge in [0.2, 0.25) is 0 Å². The minimum absolute atomic E-state index is 0.200. The number of aromatic nitrogens is 1. The number of carbonyl (C=O) groups excluding carboxylic acids is 1. The van der Waals surface area contributed by atoms with Gasteiger partial charge in [0.1, 0.15) is 15.8 Å². The van der Waals surface area contributed by atoms with Crippen molar-refractivity contribution in [2.75, 3.05) is 18.4 Å². The van der Waals surface area contributed by atoms with Gasteiger partial charge >= 0.3 is 0 Å². The highest BCUT2D eigenvalue weighted by Crippen LogP contribution is 2.39. The summed E-state index contributed by atoms with van der Waals surface area (Å²) in [6.07, 6.45) is -0.00711. The number of nitriles is 1. The van der Waals surface area contributed by atoms with E-state index in [0.29, 0.717) is 50.7 Å². The summed E-state index contributed by atoms with van der Waals surface area (Å²) in [7, 11) is 0. The molecule has 1 aliphatic heterocycles. The van der Waals surface area contributed by atoms with Crippen LogP contribution in [0.1, 0.15) is 21.7 Å². The lowest BCUT2D eigenvalue weighted by Crippen LogP contribution is -2.29. The lowest BCUT2D eigenvalue weighted by atomic mass is 10.1. The average Bonchev–Trinajstić information content (AvgIpc) is 3.43. The number of anilines is 2. The van der Waals surface area contributed by atoms with E-state index in [2.05, 4.69) is 11.4 Å². The van der Waals surface area contributed by atoms with Gasteiger partial charge in [-0.15, -0.1) is 11.3 Å². The Hall–Kier alpha value is -3.93. The summed E-state index contributed by atoms with van der Waals surface area (Å²) in [5, 5.41) is 23.5. The molecule has 8 heteroatoms. The van der Waals surface area contributed by atoms with Gasteiger partial charge in [-0.3, -0.25) is 14.2 Å². The highest BCUT2D eigenvalue weighted by atomic mass is 32.1. The number of rotatable bonds is 4. The molecule has 0 radical (unpaired) electrons. The largest absolute Gasteiger partial charge is 0.391 e. The second-order valence-corrected chi connectivity index (χ2v) is 8.84. The molecule has 0 unspecified atom stereocenters. The number of para-hydroxylation sites is 2. The predicted molar refractivity (Wildman–Crippen MR) is 128 cm³/mol. The number of likely N-dealkylation sites (tertiary alicyclic amines) is 1. The maximum atomic E-state index is 13.5. The van der Waals surface area contributed by atoms with Crippen molar-refractivity contribution in [3.63, 3.8) is 0 Å². The molecule has 0 bridgehead atoms. The summed E-state index contributed by atoms with van der Waals surface area (Å²) >= 11 is 1.23. The molecule has 5 rings (SSSR count). The van der Waals surface area contributed by atoms with Crippen LogP contribution in [0.3, 0.4) is 0 Å². The zero-order chi connectivity index (χ0) is 22.9. The molecule has 2 N–H and O–H groups in total. The topological polar surface area (TPSA) is 98.4 Å². The fourth-order valence-corrected chi connectivity index (χ4v) is 5.31. The van der Waals surface area contributed by atoms with E-state index >= 15 is 0 Å². The summed E-state index contributed by atoms with van der Waals surface area (Å²) in [5.74, 6) is -0.211. The fourth-order valence-electron chi connectivity index (χ4n) is 4.07. The molecule has 1 saturated heterocycles. The zero-order valence-corrected chi connectivity index (χ0v) is 18.4. The molecule has 0 spiro atoms. The molecule has 0 aliphatic carbocycles. The number of aliphatic hydroxyl groups excluding tert-OH is 1. The van der Waals surface area contributed by atoms with Crippen molar-refractivity contribution in [2.24, 2.45) is 0 Å². The molecule has 1 fully saturated rings. The first kappa shape index (κ1) is 20.9. The molecule has 2 aromatic heterocycles. The Morgan fingerprint density at radius 1 is 1.09 bits per heavy atom. The van der Waals surface area contributed by atoms with Gasteiger partial charge in [-0.2, -0.15) is 5.26 Å². The summed E-state index contributed by atoms with van der Waals surface area (Å²) in [6, 6.07) is 21.7. The van der Waals surface area contributed by atoms with Crippen molar-refractivity contribution in [3.8, 4) is 11.8 Å². The molecular weight excluding hydrogens is 436 g/mol. The second kappa shape index (κ2) is 8.54. The minimum atomic E-state index is -0.540. The maximum Gasteiger partial charge on any atom is 0.266 e. The minimum Gasteiger partial charge on any atom is -0.391 e. The SMILES string of the molecule is N#Cc1ccccc1Nc1c(C(=O)N2CC[C@H](O)C2)sc2c1ccc(=O)n2-c1ccccc1. The average molecular weight is 457 g/mol. The molecule has 164 valence electrons. The summed E-state index contributed by atoms with van der Waals surface area (Å²) < 4.78 is 1.59. The van der Waals surface area contributed by atoms with Gasteiger partial charge in [-0.05, 0) is 36.8 Å². The Balaban J connectivity index is 1.73. The van der Waals surface area contributed by atoms with Gasteiger partial charge in [-0.1, -0.05) is 30.3 Å². The number of thiophene rings is 1. The van der Waals surface area contributed by atoms with Crippen LogP contribution in [0.15, 0.2) is 71.5 Å². The third-order valence-corrected chi connectivity index (χ3v) is 6.89. The van der Waals surface area contributed by atoms with E-state index in [0.717, 1.165) is 0 Å². The normalized spacial score (nSPS) is 15.5. The molecule has 4 aromatic rings. The first-order valence-corrected chi connectivity index (χ1v) is 11.4. The summed E-state index contributed by atoms with van der Waals surface area (Å²) in [4.78, 5) is 29.0. The van der Waals surface area contributed by atoms with Gasteiger partial charge in [0.05, 0.1) is 28.7 Å². The molecule has 2 aromatic carbocycles. The Bertz CT molecular complexity index is 1450. The maximum absolute atomic E-state index is 13.5. The number of β-amino-alcohol motifs (C(OH)–C–C–N with tert-alkyl or cyclic N) is 1. The number of hydrogen-bond donors (Lipinski definition) is 2. The number of nitrogens with one attached hydrogen (secondary N) is 1. The van der Waals surface area contributed by atoms with Gasteiger partial charge in [0.15, 0.2) is 0 Å². The van der Waals surface area contributed by atoms with Gasteiger partial charge in [-0.25, -0.2) is 0 Å². The first-order chi connectivity index (χ1) is 16.1. The number of carbonyl (C=O) groups is 1. The number of hydrogen-bond acceptors (Lipinski definition) is 6. The van der Waals surface area contributed by atoms with E-state index in [1.807, 2.05) is 36.4 Å². The number of pyridine rings is 1. The predicted octanol–water partition coefficient (Wildman–Crippen LogP) is 3.87. The Kier molecular flexibility index (Phi) is 5.42. The lowest BCUT2D eigenvalue weighted by Gasteiger charge is -2.16. The molecule has 33 heavy (non-hydrogen) atoms. The molecule has 1 aliphatic rings. The number of amides is 1. The molecule has 7 nitrogen and oxygen atoms in total. The number of nitrogens with zero attached hydrogens (tertiary/aromatic N) is 3. The number of aliphatic hydroxyl groups is 1. The van der Waals surface area contributed by atoms with Crippen molar-refractivity contribution < 1.29 is 9.90 Å². The van der Waals surface area contributed by atoms with Crippen LogP contribution < -0.4 is 10.9 Å². The van der Waals surface area contributed by atoms with Crippen LogP contribution in [0, 0.1) is 11.3 Å².